The summed E-state index contributed by atoms with van der Waals surface area (Å²) in [6.45, 7) is 4.17. The normalized spacial score (nSPS) is 20.4. The van der Waals surface area contributed by atoms with Crippen LogP contribution in [0.4, 0.5) is 5.69 Å². The monoisotopic (exact) mass is 416 g/mol. The number of carbonyl (C=O) groups excluding carboxylic acids is 1. The van der Waals surface area contributed by atoms with Crippen LogP contribution < -0.4 is 19.1 Å². The van der Waals surface area contributed by atoms with E-state index in [1.807, 2.05) is 32.0 Å². The number of fused-ring (bicyclic) bond motifs is 2. The highest BCUT2D eigenvalue weighted by Crippen LogP contribution is 2.34. The summed E-state index contributed by atoms with van der Waals surface area (Å²) in [5.41, 5.74) is 1.66. The Labute approximate surface area is 170 Å². The van der Waals surface area contributed by atoms with Crippen molar-refractivity contribution in [2.24, 2.45) is 0 Å². The Kier molecular flexibility index (Phi) is 5.23. The Bertz CT molecular complexity index is 1040. The van der Waals surface area contributed by atoms with Crippen molar-refractivity contribution in [1.82, 2.24) is 4.72 Å². The lowest BCUT2D eigenvalue weighted by molar-refractivity contribution is -0.118. The fraction of sp³-hybridized carbons (Fsp3) is 0.381. The minimum atomic E-state index is -3.71. The molecule has 0 saturated carbocycles. The van der Waals surface area contributed by atoms with Crippen molar-refractivity contribution in [2.45, 2.75) is 43.7 Å². The molecule has 0 unspecified atom stereocenters. The molecule has 29 heavy (non-hydrogen) atoms. The largest absolute Gasteiger partial charge is 0.486 e. The van der Waals surface area contributed by atoms with Gasteiger partial charge in [-0.3, -0.25) is 4.79 Å². The lowest BCUT2D eigenvalue weighted by Crippen LogP contribution is -2.40. The maximum Gasteiger partial charge on any atom is 0.240 e. The van der Waals surface area contributed by atoms with E-state index >= 15 is 0 Å². The summed E-state index contributed by atoms with van der Waals surface area (Å²) in [6, 6.07) is 12.2. The zero-order valence-corrected chi connectivity index (χ0v) is 17.2. The van der Waals surface area contributed by atoms with E-state index in [2.05, 4.69) is 4.72 Å². The summed E-state index contributed by atoms with van der Waals surface area (Å²) in [7, 11) is -3.71. The van der Waals surface area contributed by atoms with Crippen LogP contribution in [-0.4, -0.2) is 39.6 Å². The molecule has 2 heterocycles. The molecule has 2 aliphatic rings. The van der Waals surface area contributed by atoms with Crippen LogP contribution >= 0.6 is 0 Å². The van der Waals surface area contributed by atoms with E-state index in [9.17, 15) is 13.2 Å². The third-order valence-electron chi connectivity index (χ3n) is 5.22. The van der Waals surface area contributed by atoms with Crippen molar-refractivity contribution < 1.29 is 22.7 Å². The van der Waals surface area contributed by atoms with Gasteiger partial charge in [-0.2, -0.15) is 0 Å². The minimum Gasteiger partial charge on any atom is -0.486 e. The second-order valence-electron chi connectivity index (χ2n) is 7.31. The number of benzene rings is 2. The number of rotatable bonds is 5. The Morgan fingerprint density at radius 3 is 2.72 bits per heavy atom. The summed E-state index contributed by atoms with van der Waals surface area (Å²) in [4.78, 5) is 14.1. The van der Waals surface area contributed by atoms with Gasteiger partial charge >= 0.3 is 0 Å². The number of ether oxygens (including phenoxy) is 2. The van der Waals surface area contributed by atoms with Crippen LogP contribution in [0.5, 0.6) is 11.5 Å². The summed E-state index contributed by atoms with van der Waals surface area (Å²) in [5.74, 6) is 1.31. The van der Waals surface area contributed by atoms with Gasteiger partial charge < -0.3 is 14.4 Å². The van der Waals surface area contributed by atoms with E-state index < -0.39 is 16.1 Å². The Morgan fingerprint density at radius 1 is 1.21 bits per heavy atom. The maximum absolute atomic E-state index is 12.8. The molecule has 2 aromatic rings. The predicted molar refractivity (Wildman–Crippen MR) is 109 cm³/mol. The molecule has 0 saturated heterocycles. The number of hydrogen-bond acceptors (Lipinski definition) is 5. The Hall–Kier alpha value is -2.58. The average molecular weight is 416 g/mol. The molecule has 154 valence electrons. The van der Waals surface area contributed by atoms with Gasteiger partial charge in [-0.05, 0) is 49.2 Å². The molecule has 0 fully saturated rings. The molecule has 4 rings (SSSR count). The zero-order valence-electron chi connectivity index (χ0n) is 16.4. The SMILES string of the molecule is CCC(=O)N1c2ccc(S(=O)(=O)NC[C@H]3COc4ccccc4O3)cc2C[C@H]1C. The average Bonchev–Trinajstić information content (AvgIpc) is 3.06. The smallest absolute Gasteiger partial charge is 0.240 e. The quantitative estimate of drug-likeness (QED) is 0.810. The molecule has 7 nitrogen and oxygen atoms in total. The van der Waals surface area contributed by atoms with E-state index in [0.29, 0.717) is 24.3 Å². The van der Waals surface area contributed by atoms with E-state index in [4.69, 9.17) is 9.47 Å². The molecule has 2 atom stereocenters. The lowest BCUT2D eigenvalue weighted by atomic mass is 10.1. The summed E-state index contributed by atoms with van der Waals surface area (Å²) >= 11 is 0. The second kappa shape index (κ2) is 7.68. The lowest BCUT2D eigenvalue weighted by Gasteiger charge is -2.26. The molecule has 1 N–H and O–H groups in total. The van der Waals surface area contributed by atoms with E-state index in [1.165, 1.54) is 0 Å². The Balaban J connectivity index is 1.46. The van der Waals surface area contributed by atoms with E-state index in [1.54, 1.807) is 29.2 Å². The number of anilines is 1. The Morgan fingerprint density at radius 2 is 1.97 bits per heavy atom. The molecular formula is C21H24N2O5S. The van der Waals surface area contributed by atoms with Crippen molar-refractivity contribution in [3.8, 4) is 11.5 Å². The summed E-state index contributed by atoms with van der Waals surface area (Å²) in [5, 5.41) is 0. The van der Waals surface area contributed by atoms with Crippen LogP contribution in [0.3, 0.4) is 0 Å². The van der Waals surface area contributed by atoms with Crippen molar-refractivity contribution in [2.75, 3.05) is 18.1 Å². The second-order valence-corrected chi connectivity index (χ2v) is 9.08. The van der Waals surface area contributed by atoms with E-state index in [-0.39, 0.29) is 30.0 Å². The van der Waals surface area contributed by atoms with Crippen LogP contribution in [0.2, 0.25) is 0 Å². The van der Waals surface area contributed by atoms with E-state index in [0.717, 1.165) is 11.3 Å². The first-order chi connectivity index (χ1) is 13.9. The van der Waals surface area contributed by atoms with Crippen LogP contribution in [0.25, 0.3) is 0 Å². The summed E-state index contributed by atoms with van der Waals surface area (Å²) in [6.07, 6.45) is 0.644. The highest BCUT2D eigenvalue weighted by Gasteiger charge is 2.31. The van der Waals surface area contributed by atoms with Gasteiger partial charge in [0.1, 0.15) is 12.7 Å². The number of amides is 1. The molecule has 0 aromatic heterocycles. The molecule has 0 bridgehead atoms. The predicted octanol–water partition coefficient (Wildman–Crippen LogP) is 2.49. The first-order valence-electron chi connectivity index (χ1n) is 9.72. The molecule has 0 spiro atoms. The van der Waals surface area contributed by atoms with Gasteiger partial charge in [0.15, 0.2) is 11.5 Å². The molecule has 0 aliphatic carbocycles. The van der Waals surface area contributed by atoms with Gasteiger partial charge in [-0.1, -0.05) is 19.1 Å². The van der Waals surface area contributed by atoms with Crippen LogP contribution in [-0.2, 0) is 21.2 Å². The van der Waals surface area contributed by atoms with Gasteiger partial charge in [-0.15, -0.1) is 0 Å². The minimum absolute atomic E-state index is 0.0243. The molecule has 2 aliphatic heterocycles. The number of para-hydroxylation sites is 2. The maximum atomic E-state index is 12.8. The van der Waals surface area contributed by atoms with Crippen molar-refractivity contribution in [3.05, 3.63) is 48.0 Å². The number of nitrogens with one attached hydrogen (secondary N) is 1. The van der Waals surface area contributed by atoms with Crippen LogP contribution in [0.1, 0.15) is 25.8 Å². The van der Waals surface area contributed by atoms with Gasteiger partial charge in [-0.25, -0.2) is 13.1 Å². The fourth-order valence-corrected chi connectivity index (χ4v) is 4.89. The van der Waals surface area contributed by atoms with Crippen LogP contribution in [0, 0.1) is 0 Å². The van der Waals surface area contributed by atoms with Crippen molar-refractivity contribution >= 4 is 21.6 Å². The van der Waals surface area contributed by atoms with Gasteiger partial charge in [0.05, 0.1) is 11.4 Å². The summed E-state index contributed by atoms with van der Waals surface area (Å²) < 4.78 is 39.6. The van der Waals surface area contributed by atoms with Crippen molar-refractivity contribution in [1.29, 1.82) is 0 Å². The third kappa shape index (κ3) is 3.82. The number of hydrogen-bond donors (Lipinski definition) is 1. The highest BCUT2D eigenvalue weighted by atomic mass is 32.2. The molecule has 1 amide bonds. The first kappa shape index (κ1) is 19.7. The molecule has 8 heteroatoms. The van der Waals surface area contributed by atoms with Gasteiger partial charge in [0, 0.05) is 18.2 Å². The molecule has 0 radical (unpaired) electrons. The fourth-order valence-electron chi connectivity index (χ4n) is 3.77. The third-order valence-corrected chi connectivity index (χ3v) is 6.64. The van der Waals surface area contributed by atoms with Gasteiger partial charge in [0.2, 0.25) is 15.9 Å². The standard InChI is InChI=1S/C21H24N2O5S/c1-3-21(24)23-14(2)10-15-11-17(8-9-18(15)23)29(25,26)22-12-16-13-27-19-6-4-5-7-20(19)28-16/h4-9,11,14,16,22H,3,10,12-13H2,1-2H3/t14-,16+/m1/s1. The van der Waals surface area contributed by atoms with Gasteiger partial charge in [0.25, 0.3) is 0 Å². The number of nitrogens with zero attached hydrogens (tertiary/aromatic N) is 1. The molecular weight excluding hydrogens is 392 g/mol. The number of carbonyl (C=O) groups is 1. The van der Waals surface area contributed by atoms with Crippen molar-refractivity contribution in [3.63, 3.8) is 0 Å². The highest BCUT2D eigenvalue weighted by molar-refractivity contribution is 7.89. The van der Waals surface area contributed by atoms with Crippen LogP contribution in [0.15, 0.2) is 47.4 Å². The topological polar surface area (TPSA) is 84.9 Å². The molecule has 2 aromatic carbocycles. The number of sulfonamides is 1. The zero-order chi connectivity index (χ0) is 20.6. The first-order valence-corrected chi connectivity index (χ1v) is 11.2.